The Morgan fingerprint density at radius 3 is 2.05 bits per heavy atom. The lowest BCUT2D eigenvalue weighted by molar-refractivity contribution is -0.137. The SMILES string of the molecule is CC(C)(CN)CCCS(=O)(=O)c1ccc(C(F)(F)F)cc1. The van der Waals surface area contributed by atoms with Crippen molar-refractivity contribution in [3.63, 3.8) is 0 Å². The van der Waals surface area contributed by atoms with E-state index in [0.717, 1.165) is 24.3 Å². The van der Waals surface area contributed by atoms with E-state index >= 15 is 0 Å². The molecule has 0 aromatic heterocycles. The summed E-state index contributed by atoms with van der Waals surface area (Å²) >= 11 is 0. The van der Waals surface area contributed by atoms with Gasteiger partial charge in [0.2, 0.25) is 0 Å². The third-order valence-corrected chi connectivity index (χ3v) is 5.18. The lowest BCUT2D eigenvalue weighted by Gasteiger charge is -2.21. The van der Waals surface area contributed by atoms with Gasteiger partial charge in [-0.1, -0.05) is 13.8 Å². The van der Waals surface area contributed by atoms with Crippen molar-refractivity contribution < 1.29 is 21.6 Å². The maximum atomic E-state index is 12.4. The Bertz CT molecular complexity index is 563. The molecule has 120 valence electrons. The van der Waals surface area contributed by atoms with Crippen molar-refractivity contribution in [3.8, 4) is 0 Å². The molecule has 0 amide bonds. The molecular weight excluding hydrogens is 303 g/mol. The average Bonchev–Trinajstić information content (AvgIpc) is 2.37. The fraction of sp³-hybridized carbons (Fsp3) is 0.571. The van der Waals surface area contributed by atoms with Gasteiger partial charge in [0.1, 0.15) is 0 Å². The Morgan fingerprint density at radius 1 is 1.10 bits per heavy atom. The van der Waals surface area contributed by atoms with Crippen molar-refractivity contribution in [3.05, 3.63) is 29.8 Å². The molecule has 3 nitrogen and oxygen atoms in total. The molecule has 1 aromatic rings. The van der Waals surface area contributed by atoms with E-state index < -0.39 is 21.6 Å². The summed E-state index contributed by atoms with van der Waals surface area (Å²) in [4.78, 5) is -0.0824. The first kappa shape index (κ1) is 18.0. The highest BCUT2D eigenvalue weighted by molar-refractivity contribution is 7.91. The molecule has 1 rings (SSSR count). The van der Waals surface area contributed by atoms with E-state index in [9.17, 15) is 21.6 Å². The lowest BCUT2D eigenvalue weighted by Crippen LogP contribution is -2.24. The Labute approximate surface area is 123 Å². The van der Waals surface area contributed by atoms with Gasteiger partial charge in [-0.15, -0.1) is 0 Å². The van der Waals surface area contributed by atoms with Crippen molar-refractivity contribution in [1.82, 2.24) is 0 Å². The molecule has 0 aliphatic heterocycles. The second kappa shape index (κ2) is 6.36. The number of hydrogen-bond donors (Lipinski definition) is 1. The molecule has 0 aliphatic carbocycles. The first-order valence-electron chi connectivity index (χ1n) is 6.58. The Balaban J connectivity index is 2.75. The van der Waals surface area contributed by atoms with Crippen molar-refractivity contribution in [2.45, 2.75) is 37.8 Å². The van der Waals surface area contributed by atoms with E-state index in [2.05, 4.69) is 0 Å². The molecule has 2 N–H and O–H groups in total. The number of nitrogens with two attached hydrogens (primary N) is 1. The van der Waals surface area contributed by atoms with Crippen LogP contribution in [-0.2, 0) is 16.0 Å². The Hall–Kier alpha value is -1.08. The molecule has 0 radical (unpaired) electrons. The predicted molar refractivity (Wildman–Crippen MR) is 75.6 cm³/mol. The van der Waals surface area contributed by atoms with Crippen LogP contribution in [0.15, 0.2) is 29.2 Å². The van der Waals surface area contributed by atoms with Crippen molar-refractivity contribution in [2.75, 3.05) is 12.3 Å². The Morgan fingerprint density at radius 2 is 1.62 bits per heavy atom. The molecule has 0 aliphatic rings. The van der Waals surface area contributed by atoms with E-state index in [-0.39, 0.29) is 16.1 Å². The quantitative estimate of drug-likeness (QED) is 0.874. The van der Waals surface area contributed by atoms with Gasteiger partial charge in [0.05, 0.1) is 16.2 Å². The minimum absolute atomic E-state index is 0.0824. The van der Waals surface area contributed by atoms with Gasteiger partial charge in [-0.05, 0) is 49.1 Å². The summed E-state index contributed by atoms with van der Waals surface area (Å²) in [5.41, 5.74) is 4.57. The number of hydrogen-bond acceptors (Lipinski definition) is 3. The first-order valence-corrected chi connectivity index (χ1v) is 8.23. The topological polar surface area (TPSA) is 60.2 Å². The van der Waals surface area contributed by atoms with Gasteiger partial charge in [0.25, 0.3) is 0 Å². The van der Waals surface area contributed by atoms with Gasteiger partial charge in [0, 0.05) is 0 Å². The zero-order valence-electron chi connectivity index (χ0n) is 12.1. The standard InChI is InChI=1S/C14H20F3NO2S/c1-13(2,10-18)8-3-9-21(19,20)12-6-4-11(5-7-12)14(15,16)17/h4-7H,3,8-10,18H2,1-2H3. The molecule has 0 saturated heterocycles. The van der Waals surface area contributed by atoms with E-state index in [0.29, 0.717) is 19.4 Å². The highest BCUT2D eigenvalue weighted by Gasteiger charge is 2.30. The van der Waals surface area contributed by atoms with Gasteiger partial charge in [-0.25, -0.2) is 8.42 Å². The number of sulfone groups is 1. The maximum Gasteiger partial charge on any atom is 0.416 e. The fourth-order valence-electron chi connectivity index (χ4n) is 1.81. The van der Waals surface area contributed by atoms with Gasteiger partial charge < -0.3 is 5.73 Å². The van der Waals surface area contributed by atoms with Gasteiger partial charge in [-0.2, -0.15) is 13.2 Å². The van der Waals surface area contributed by atoms with Crippen LogP contribution >= 0.6 is 0 Å². The number of halogens is 3. The summed E-state index contributed by atoms with van der Waals surface area (Å²) < 4.78 is 61.4. The van der Waals surface area contributed by atoms with Crippen LogP contribution in [0.3, 0.4) is 0 Å². The van der Waals surface area contributed by atoms with E-state index in [1.54, 1.807) is 0 Å². The predicted octanol–water partition coefficient (Wildman–Crippen LogP) is 3.24. The van der Waals surface area contributed by atoms with Crippen LogP contribution in [-0.4, -0.2) is 20.7 Å². The Kier molecular flexibility index (Phi) is 5.44. The van der Waals surface area contributed by atoms with Crippen molar-refractivity contribution in [1.29, 1.82) is 0 Å². The third-order valence-electron chi connectivity index (χ3n) is 3.36. The summed E-state index contributed by atoms with van der Waals surface area (Å²) in [5, 5.41) is 0. The summed E-state index contributed by atoms with van der Waals surface area (Å²) in [6.07, 6.45) is -3.40. The van der Waals surface area contributed by atoms with Crippen LogP contribution < -0.4 is 5.73 Å². The molecule has 21 heavy (non-hydrogen) atoms. The van der Waals surface area contributed by atoms with Crippen LogP contribution in [0.5, 0.6) is 0 Å². The van der Waals surface area contributed by atoms with E-state index in [1.807, 2.05) is 13.8 Å². The molecule has 7 heteroatoms. The zero-order chi connectivity index (χ0) is 16.3. The molecule has 0 atom stereocenters. The second-order valence-corrected chi connectivity index (χ2v) is 7.92. The van der Waals surface area contributed by atoms with Crippen LogP contribution in [0.2, 0.25) is 0 Å². The molecule has 0 fully saturated rings. The van der Waals surface area contributed by atoms with Crippen molar-refractivity contribution >= 4 is 9.84 Å². The molecule has 0 bridgehead atoms. The van der Waals surface area contributed by atoms with Crippen LogP contribution in [0.25, 0.3) is 0 Å². The second-order valence-electron chi connectivity index (χ2n) is 5.81. The molecule has 0 spiro atoms. The number of alkyl halides is 3. The fourth-order valence-corrected chi connectivity index (χ4v) is 3.12. The van der Waals surface area contributed by atoms with Crippen LogP contribution in [0, 0.1) is 5.41 Å². The average molecular weight is 323 g/mol. The minimum atomic E-state index is -4.46. The highest BCUT2D eigenvalue weighted by atomic mass is 32.2. The van der Waals surface area contributed by atoms with E-state index in [1.165, 1.54) is 0 Å². The highest BCUT2D eigenvalue weighted by Crippen LogP contribution is 2.30. The van der Waals surface area contributed by atoms with Gasteiger partial charge in [0.15, 0.2) is 9.84 Å². The molecule has 0 heterocycles. The largest absolute Gasteiger partial charge is 0.416 e. The van der Waals surface area contributed by atoms with Crippen LogP contribution in [0.1, 0.15) is 32.3 Å². The molecule has 0 saturated carbocycles. The summed E-state index contributed by atoms with van der Waals surface area (Å²) in [6, 6.07) is 3.59. The lowest BCUT2D eigenvalue weighted by atomic mass is 9.88. The maximum absolute atomic E-state index is 12.4. The van der Waals surface area contributed by atoms with E-state index in [4.69, 9.17) is 5.73 Å². The minimum Gasteiger partial charge on any atom is -0.330 e. The van der Waals surface area contributed by atoms with Gasteiger partial charge >= 0.3 is 6.18 Å². The number of rotatable bonds is 6. The molecule has 0 unspecified atom stereocenters. The zero-order valence-corrected chi connectivity index (χ0v) is 12.9. The van der Waals surface area contributed by atoms with Crippen molar-refractivity contribution in [2.24, 2.45) is 11.1 Å². The monoisotopic (exact) mass is 323 g/mol. The molecular formula is C14H20F3NO2S. The normalized spacial score (nSPS) is 13.4. The summed E-state index contributed by atoms with van der Waals surface area (Å²) in [5.74, 6) is -0.0954. The summed E-state index contributed by atoms with van der Waals surface area (Å²) in [7, 11) is -3.56. The first-order chi connectivity index (χ1) is 9.48. The van der Waals surface area contributed by atoms with Gasteiger partial charge in [-0.3, -0.25) is 0 Å². The smallest absolute Gasteiger partial charge is 0.330 e. The third kappa shape index (κ3) is 5.32. The van der Waals surface area contributed by atoms with Crippen LogP contribution in [0.4, 0.5) is 13.2 Å². The number of benzene rings is 1. The molecule has 1 aromatic carbocycles. The summed E-state index contributed by atoms with van der Waals surface area (Å²) in [6.45, 7) is 4.34.